The quantitative estimate of drug-likeness (QED) is 0.785. The number of amides is 2. The minimum atomic E-state index is -0.881. The first-order valence-corrected chi connectivity index (χ1v) is 7.37. The number of carbonyl (C=O) groups is 2. The van der Waals surface area contributed by atoms with Gasteiger partial charge in [0.15, 0.2) is 0 Å². The van der Waals surface area contributed by atoms with Gasteiger partial charge in [-0.05, 0) is 12.8 Å². The molecule has 2 aliphatic heterocycles. The molecule has 18 heavy (non-hydrogen) atoms. The Morgan fingerprint density at radius 3 is 2.39 bits per heavy atom. The SMILES string of the molecule is CC1CN(C(=O)N2CCC[C@H]2C(=O)O)CC(C)S1. The first-order valence-electron chi connectivity index (χ1n) is 6.43. The van der Waals surface area contributed by atoms with Crippen LogP contribution >= 0.6 is 11.8 Å². The topological polar surface area (TPSA) is 60.9 Å². The predicted octanol–water partition coefficient (Wildman–Crippen LogP) is 1.48. The van der Waals surface area contributed by atoms with Gasteiger partial charge in [-0.3, -0.25) is 0 Å². The van der Waals surface area contributed by atoms with E-state index in [4.69, 9.17) is 5.11 Å². The Morgan fingerprint density at radius 2 is 1.83 bits per heavy atom. The third-order valence-electron chi connectivity index (χ3n) is 3.47. The summed E-state index contributed by atoms with van der Waals surface area (Å²) in [5.41, 5.74) is 0. The highest BCUT2D eigenvalue weighted by Crippen LogP contribution is 2.27. The average molecular weight is 272 g/mol. The van der Waals surface area contributed by atoms with Crippen LogP contribution in [0.3, 0.4) is 0 Å². The summed E-state index contributed by atoms with van der Waals surface area (Å²) in [6.45, 7) is 6.23. The molecule has 102 valence electrons. The van der Waals surface area contributed by atoms with Crippen LogP contribution < -0.4 is 0 Å². The van der Waals surface area contributed by atoms with Crippen LogP contribution in [0.25, 0.3) is 0 Å². The normalized spacial score (nSPS) is 32.7. The summed E-state index contributed by atoms with van der Waals surface area (Å²) < 4.78 is 0. The lowest BCUT2D eigenvalue weighted by Gasteiger charge is -2.37. The molecule has 2 unspecified atom stereocenters. The van der Waals surface area contributed by atoms with E-state index in [1.54, 1.807) is 0 Å². The number of aliphatic carboxylic acids is 1. The first-order chi connectivity index (χ1) is 8.49. The van der Waals surface area contributed by atoms with Crippen LogP contribution in [-0.2, 0) is 4.79 Å². The molecule has 0 spiro atoms. The molecule has 2 fully saturated rings. The van der Waals surface area contributed by atoms with Gasteiger partial charge in [0.2, 0.25) is 0 Å². The lowest BCUT2D eigenvalue weighted by Crippen LogP contribution is -2.52. The summed E-state index contributed by atoms with van der Waals surface area (Å²) in [6, 6.07) is -0.725. The Bertz CT molecular complexity index is 340. The van der Waals surface area contributed by atoms with Crippen LogP contribution in [0.5, 0.6) is 0 Å². The van der Waals surface area contributed by atoms with Crippen molar-refractivity contribution in [3.63, 3.8) is 0 Å². The van der Waals surface area contributed by atoms with Crippen LogP contribution in [0.4, 0.5) is 4.79 Å². The third-order valence-corrected chi connectivity index (χ3v) is 4.70. The number of hydrogen-bond acceptors (Lipinski definition) is 3. The zero-order valence-electron chi connectivity index (χ0n) is 10.8. The number of nitrogens with zero attached hydrogens (tertiary/aromatic N) is 2. The van der Waals surface area contributed by atoms with Gasteiger partial charge < -0.3 is 14.9 Å². The second-order valence-corrected chi connectivity index (χ2v) is 7.02. The van der Waals surface area contributed by atoms with E-state index in [0.717, 1.165) is 19.5 Å². The Morgan fingerprint density at radius 1 is 1.22 bits per heavy atom. The molecule has 3 atom stereocenters. The highest BCUT2D eigenvalue weighted by Gasteiger charge is 2.37. The molecular formula is C12H20N2O3S. The smallest absolute Gasteiger partial charge is 0.326 e. The minimum Gasteiger partial charge on any atom is -0.480 e. The summed E-state index contributed by atoms with van der Waals surface area (Å²) in [6.07, 6.45) is 1.37. The maximum absolute atomic E-state index is 12.4. The van der Waals surface area contributed by atoms with Gasteiger partial charge in [-0.1, -0.05) is 13.8 Å². The van der Waals surface area contributed by atoms with Crippen molar-refractivity contribution in [2.75, 3.05) is 19.6 Å². The van der Waals surface area contributed by atoms with Crippen molar-refractivity contribution in [1.29, 1.82) is 0 Å². The molecule has 2 rings (SSSR count). The fourth-order valence-corrected chi connectivity index (χ4v) is 4.09. The van der Waals surface area contributed by atoms with Gasteiger partial charge in [0.1, 0.15) is 6.04 Å². The second kappa shape index (κ2) is 5.38. The van der Waals surface area contributed by atoms with E-state index in [-0.39, 0.29) is 6.03 Å². The average Bonchev–Trinajstić information content (AvgIpc) is 2.75. The van der Waals surface area contributed by atoms with Crippen molar-refractivity contribution in [3.05, 3.63) is 0 Å². The molecule has 1 N–H and O–H groups in total. The largest absolute Gasteiger partial charge is 0.480 e. The maximum atomic E-state index is 12.4. The number of carbonyl (C=O) groups excluding carboxylic acids is 1. The van der Waals surface area contributed by atoms with E-state index in [0.29, 0.717) is 23.5 Å². The third kappa shape index (κ3) is 2.74. The van der Waals surface area contributed by atoms with Gasteiger partial charge in [-0.15, -0.1) is 0 Å². The monoisotopic (exact) mass is 272 g/mol. The van der Waals surface area contributed by atoms with Crippen molar-refractivity contribution in [2.45, 2.75) is 43.2 Å². The van der Waals surface area contributed by atoms with Crippen LogP contribution in [-0.4, -0.2) is 63.1 Å². The molecule has 0 aliphatic carbocycles. The Hall–Kier alpha value is -0.910. The molecule has 0 bridgehead atoms. The van der Waals surface area contributed by atoms with E-state index in [9.17, 15) is 9.59 Å². The standard InChI is InChI=1S/C12H20N2O3S/c1-8-6-13(7-9(2)18-8)12(17)14-5-3-4-10(14)11(15)16/h8-10H,3-7H2,1-2H3,(H,15,16)/t8?,9?,10-/m0/s1. The number of rotatable bonds is 1. The number of carboxylic acids is 1. The number of carboxylic acid groups (broad SMARTS) is 1. The molecule has 2 heterocycles. The fourth-order valence-electron chi connectivity index (χ4n) is 2.77. The van der Waals surface area contributed by atoms with E-state index in [1.807, 2.05) is 16.7 Å². The van der Waals surface area contributed by atoms with Crippen molar-refractivity contribution >= 4 is 23.8 Å². The van der Waals surface area contributed by atoms with Gasteiger partial charge in [-0.2, -0.15) is 11.8 Å². The van der Waals surface area contributed by atoms with Gasteiger partial charge in [0.25, 0.3) is 0 Å². The minimum absolute atomic E-state index is 0.0982. The fraction of sp³-hybridized carbons (Fsp3) is 0.833. The predicted molar refractivity (Wildman–Crippen MR) is 70.8 cm³/mol. The molecule has 0 saturated carbocycles. The van der Waals surface area contributed by atoms with Crippen molar-refractivity contribution in [3.8, 4) is 0 Å². The molecule has 6 heteroatoms. The van der Waals surface area contributed by atoms with E-state index < -0.39 is 12.0 Å². The molecular weight excluding hydrogens is 252 g/mol. The van der Waals surface area contributed by atoms with Gasteiger partial charge in [0.05, 0.1) is 0 Å². The maximum Gasteiger partial charge on any atom is 0.326 e. The summed E-state index contributed by atoms with van der Waals surface area (Å²) in [5.74, 6) is -0.881. The van der Waals surface area contributed by atoms with Crippen LogP contribution in [0.1, 0.15) is 26.7 Å². The van der Waals surface area contributed by atoms with Crippen LogP contribution in [0.2, 0.25) is 0 Å². The van der Waals surface area contributed by atoms with Crippen LogP contribution in [0, 0.1) is 0 Å². The van der Waals surface area contributed by atoms with Crippen molar-refractivity contribution < 1.29 is 14.7 Å². The van der Waals surface area contributed by atoms with Crippen molar-refractivity contribution in [1.82, 2.24) is 9.80 Å². The van der Waals surface area contributed by atoms with Crippen molar-refractivity contribution in [2.24, 2.45) is 0 Å². The Kier molecular flexibility index (Phi) is 4.04. The molecule has 0 aromatic rings. The molecule has 0 aromatic heterocycles. The molecule has 0 radical (unpaired) electrons. The Labute approximate surface area is 112 Å². The first kappa shape index (κ1) is 13.5. The summed E-state index contributed by atoms with van der Waals surface area (Å²) in [4.78, 5) is 26.8. The molecule has 5 nitrogen and oxygen atoms in total. The lowest BCUT2D eigenvalue weighted by molar-refractivity contribution is -0.141. The lowest BCUT2D eigenvalue weighted by atomic mass is 10.2. The number of likely N-dealkylation sites (tertiary alicyclic amines) is 1. The molecule has 2 aliphatic rings. The van der Waals surface area contributed by atoms with E-state index in [1.165, 1.54) is 4.90 Å². The number of urea groups is 1. The molecule has 2 amide bonds. The highest BCUT2D eigenvalue weighted by atomic mass is 32.2. The van der Waals surface area contributed by atoms with Gasteiger partial charge in [-0.25, -0.2) is 9.59 Å². The van der Waals surface area contributed by atoms with Crippen LogP contribution in [0.15, 0.2) is 0 Å². The second-order valence-electron chi connectivity index (χ2n) is 5.13. The summed E-state index contributed by atoms with van der Waals surface area (Å²) >= 11 is 1.88. The Balaban J connectivity index is 2.04. The summed E-state index contributed by atoms with van der Waals surface area (Å²) in [7, 11) is 0. The zero-order chi connectivity index (χ0) is 13.3. The molecule has 0 aromatic carbocycles. The van der Waals surface area contributed by atoms with Gasteiger partial charge >= 0.3 is 12.0 Å². The number of hydrogen-bond donors (Lipinski definition) is 1. The highest BCUT2D eigenvalue weighted by molar-refractivity contribution is 8.00. The number of thioether (sulfide) groups is 1. The van der Waals surface area contributed by atoms with E-state index in [2.05, 4.69) is 13.8 Å². The molecule has 2 saturated heterocycles. The van der Waals surface area contributed by atoms with Gasteiger partial charge in [0, 0.05) is 30.1 Å². The zero-order valence-corrected chi connectivity index (χ0v) is 11.7. The summed E-state index contributed by atoms with van der Waals surface area (Å²) in [5, 5.41) is 9.96. The van der Waals surface area contributed by atoms with E-state index >= 15 is 0 Å².